The van der Waals surface area contributed by atoms with Gasteiger partial charge in [-0.2, -0.15) is 18.2 Å². The number of amides is 1. The molecule has 1 unspecified atom stereocenters. The van der Waals surface area contributed by atoms with Crippen LogP contribution in [0, 0.1) is 0 Å². The average molecular weight is 391 g/mol. The fourth-order valence-corrected chi connectivity index (χ4v) is 3.36. The van der Waals surface area contributed by atoms with Gasteiger partial charge in [-0.05, 0) is 18.1 Å². The van der Waals surface area contributed by atoms with Gasteiger partial charge in [0.2, 0.25) is 11.7 Å². The van der Waals surface area contributed by atoms with E-state index in [0.717, 1.165) is 16.9 Å². The van der Waals surface area contributed by atoms with Crippen molar-refractivity contribution in [3.05, 3.63) is 59.4 Å². The maximum absolute atomic E-state index is 12.8. The minimum atomic E-state index is -4.68. The Kier molecular flexibility index (Phi) is 4.44. The first kappa shape index (κ1) is 18.3. The normalized spacial score (nSPS) is 17.1. The number of carbonyl (C=O) groups is 1. The molecule has 3 aromatic rings. The molecular formula is C19H16F3N3O3. The molecule has 1 aromatic carbocycles. The summed E-state index contributed by atoms with van der Waals surface area (Å²) in [6.45, 7) is 2.72. The Bertz CT molecular complexity index is 992. The van der Waals surface area contributed by atoms with Crippen LogP contribution in [0.3, 0.4) is 0 Å². The van der Waals surface area contributed by atoms with Gasteiger partial charge in [0.15, 0.2) is 0 Å². The Morgan fingerprint density at radius 2 is 1.96 bits per heavy atom. The molecule has 0 spiro atoms. The second-order valence-electron chi connectivity index (χ2n) is 6.57. The first-order valence-electron chi connectivity index (χ1n) is 8.72. The minimum absolute atomic E-state index is 0.0356. The topological polar surface area (TPSA) is 72.4 Å². The van der Waals surface area contributed by atoms with E-state index in [9.17, 15) is 18.0 Å². The highest BCUT2D eigenvalue weighted by Crippen LogP contribution is 2.33. The zero-order chi connectivity index (χ0) is 19.9. The number of fused-ring (bicyclic) bond motifs is 1. The van der Waals surface area contributed by atoms with E-state index in [2.05, 4.69) is 14.7 Å². The van der Waals surface area contributed by atoms with Gasteiger partial charge in [-0.3, -0.25) is 4.79 Å². The van der Waals surface area contributed by atoms with Gasteiger partial charge in [-0.1, -0.05) is 36.3 Å². The molecule has 1 atom stereocenters. The molecule has 4 rings (SSSR count). The van der Waals surface area contributed by atoms with Gasteiger partial charge in [0.1, 0.15) is 5.76 Å². The van der Waals surface area contributed by atoms with E-state index in [1.807, 2.05) is 13.0 Å². The van der Waals surface area contributed by atoms with Crippen molar-refractivity contribution in [3.8, 4) is 11.4 Å². The molecule has 146 valence electrons. The van der Waals surface area contributed by atoms with Gasteiger partial charge in [-0.25, -0.2) is 0 Å². The zero-order valence-corrected chi connectivity index (χ0v) is 14.9. The van der Waals surface area contributed by atoms with Crippen LogP contribution in [0.2, 0.25) is 0 Å². The summed E-state index contributed by atoms with van der Waals surface area (Å²) in [6.07, 6.45) is -2.40. The van der Waals surface area contributed by atoms with Crippen molar-refractivity contribution < 1.29 is 26.9 Å². The van der Waals surface area contributed by atoms with Crippen LogP contribution >= 0.6 is 0 Å². The number of carbonyl (C=O) groups excluding carboxylic acids is 1. The van der Waals surface area contributed by atoms with Crippen molar-refractivity contribution >= 4 is 5.91 Å². The van der Waals surface area contributed by atoms with E-state index in [1.165, 1.54) is 0 Å². The number of benzene rings is 1. The Balaban J connectivity index is 1.51. The molecule has 0 N–H and O–H groups in total. The number of hydrogen-bond donors (Lipinski definition) is 0. The standard InChI is InChI=1S/C19H16F3N3O3/c1-2-13-14-7-8-27-15(14)10-25(17(13)26)9-11-3-5-12(6-4-11)16-23-18(28-24-16)19(20,21)22/h3-8,13H,2,9-10H2,1H3. The third kappa shape index (κ3) is 3.28. The van der Waals surface area contributed by atoms with Crippen LogP contribution in [0.4, 0.5) is 13.2 Å². The fourth-order valence-electron chi connectivity index (χ4n) is 3.36. The number of halogens is 3. The highest BCUT2D eigenvalue weighted by atomic mass is 19.4. The molecule has 0 aliphatic carbocycles. The highest BCUT2D eigenvalue weighted by Gasteiger charge is 2.38. The first-order chi connectivity index (χ1) is 13.4. The molecule has 9 heteroatoms. The van der Waals surface area contributed by atoms with Crippen LogP contribution in [0.5, 0.6) is 0 Å². The first-order valence-corrected chi connectivity index (χ1v) is 8.72. The van der Waals surface area contributed by atoms with Crippen molar-refractivity contribution in [1.29, 1.82) is 0 Å². The number of rotatable bonds is 4. The maximum Gasteiger partial charge on any atom is 0.471 e. The van der Waals surface area contributed by atoms with Crippen LogP contribution in [-0.4, -0.2) is 20.9 Å². The van der Waals surface area contributed by atoms with E-state index in [4.69, 9.17) is 4.42 Å². The smallest absolute Gasteiger partial charge is 0.467 e. The summed E-state index contributed by atoms with van der Waals surface area (Å²) in [5.41, 5.74) is 2.17. The number of nitrogens with zero attached hydrogens (tertiary/aromatic N) is 3. The van der Waals surface area contributed by atoms with Crippen LogP contribution < -0.4 is 0 Å². The number of hydrogen-bond acceptors (Lipinski definition) is 5. The summed E-state index contributed by atoms with van der Waals surface area (Å²) < 4.78 is 47.5. The molecule has 1 amide bonds. The molecule has 0 saturated carbocycles. The van der Waals surface area contributed by atoms with Gasteiger partial charge in [-0.15, -0.1) is 0 Å². The van der Waals surface area contributed by atoms with Crippen LogP contribution in [0.15, 0.2) is 45.5 Å². The van der Waals surface area contributed by atoms with Crippen LogP contribution in [0.1, 0.15) is 42.0 Å². The lowest BCUT2D eigenvalue weighted by Gasteiger charge is -2.31. The molecule has 6 nitrogen and oxygen atoms in total. The Morgan fingerprint density at radius 3 is 2.61 bits per heavy atom. The van der Waals surface area contributed by atoms with Crippen molar-refractivity contribution in [1.82, 2.24) is 15.0 Å². The lowest BCUT2D eigenvalue weighted by Crippen LogP contribution is -2.38. The van der Waals surface area contributed by atoms with Crippen LogP contribution in [0.25, 0.3) is 11.4 Å². The zero-order valence-electron chi connectivity index (χ0n) is 14.9. The van der Waals surface area contributed by atoms with E-state index in [1.54, 1.807) is 35.4 Å². The molecule has 3 heterocycles. The van der Waals surface area contributed by atoms with E-state index >= 15 is 0 Å². The molecule has 0 saturated heterocycles. The minimum Gasteiger partial charge on any atom is -0.467 e. The highest BCUT2D eigenvalue weighted by molar-refractivity contribution is 5.85. The van der Waals surface area contributed by atoms with Crippen molar-refractivity contribution in [2.45, 2.75) is 38.5 Å². The third-order valence-electron chi connectivity index (χ3n) is 4.76. The summed E-state index contributed by atoms with van der Waals surface area (Å²) in [6, 6.07) is 8.50. The number of alkyl halides is 3. The van der Waals surface area contributed by atoms with E-state index < -0.39 is 12.1 Å². The second kappa shape index (κ2) is 6.81. The Hall–Kier alpha value is -3.10. The third-order valence-corrected chi connectivity index (χ3v) is 4.76. The number of aromatic nitrogens is 2. The van der Waals surface area contributed by atoms with Crippen LogP contribution in [-0.2, 0) is 24.1 Å². The fraction of sp³-hybridized carbons (Fsp3) is 0.316. The quantitative estimate of drug-likeness (QED) is 0.660. The van der Waals surface area contributed by atoms with Gasteiger partial charge >= 0.3 is 12.1 Å². The second-order valence-corrected chi connectivity index (χ2v) is 6.57. The lowest BCUT2D eigenvalue weighted by atomic mass is 9.91. The van der Waals surface area contributed by atoms with Gasteiger partial charge in [0.05, 0.1) is 18.7 Å². The largest absolute Gasteiger partial charge is 0.471 e. The molecule has 0 bridgehead atoms. The van der Waals surface area contributed by atoms with Crippen molar-refractivity contribution in [3.63, 3.8) is 0 Å². The predicted octanol–water partition coefficient (Wildman–Crippen LogP) is 4.38. The van der Waals surface area contributed by atoms with Gasteiger partial charge in [0, 0.05) is 17.7 Å². The molecule has 28 heavy (non-hydrogen) atoms. The molecular weight excluding hydrogens is 375 g/mol. The predicted molar refractivity (Wildman–Crippen MR) is 90.7 cm³/mol. The molecule has 0 fully saturated rings. The lowest BCUT2D eigenvalue weighted by molar-refractivity contribution is -0.159. The monoisotopic (exact) mass is 391 g/mol. The molecule has 1 aliphatic rings. The van der Waals surface area contributed by atoms with E-state index in [-0.39, 0.29) is 17.6 Å². The Labute approximate surface area is 157 Å². The van der Waals surface area contributed by atoms with Crippen molar-refractivity contribution in [2.24, 2.45) is 0 Å². The summed E-state index contributed by atoms with van der Waals surface area (Å²) in [5, 5.41) is 3.37. The SMILES string of the molecule is CCC1C(=O)N(Cc2ccc(-c3noc(C(F)(F)F)n3)cc2)Cc2occc21. The average Bonchev–Trinajstić information content (AvgIpc) is 3.32. The van der Waals surface area contributed by atoms with E-state index in [0.29, 0.717) is 25.1 Å². The summed E-state index contributed by atoms with van der Waals surface area (Å²) in [5.74, 6) is -0.922. The molecule has 0 radical (unpaired) electrons. The Morgan fingerprint density at radius 1 is 1.21 bits per heavy atom. The summed E-state index contributed by atoms with van der Waals surface area (Å²) in [4.78, 5) is 17.8. The maximum atomic E-state index is 12.8. The summed E-state index contributed by atoms with van der Waals surface area (Å²) in [7, 11) is 0. The van der Waals surface area contributed by atoms with Crippen molar-refractivity contribution in [2.75, 3.05) is 0 Å². The molecule has 1 aliphatic heterocycles. The molecule has 2 aromatic heterocycles. The summed E-state index contributed by atoms with van der Waals surface area (Å²) >= 11 is 0. The van der Waals surface area contributed by atoms with Gasteiger partial charge in [0.25, 0.3) is 0 Å². The number of furan rings is 1. The van der Waals surface area contributed by atoms with Gasteiger partial charge < -0.3 is 13.8 Å².